The number of aromatic amines is 1. The quantitative estimate of drug-likeness (QED) is 0.712. The minimum Gasteiger partial charge on any atom is -0.347 e. The Kier molecular flexibility index (Phi) is 5.59. The van der Waals surface area contributed by atoms with Crippen LogP contribution in [0.2, 0.25) is 0 Å². The van der Waals surface area contributed by atoms with Crippen molar-refractivity contribution < 1.29 is 0 Å². The van der Waals surface area contributed by atoms with Gasteiger partial charge >= 0.3 is 0 Å². The van der Waals surface area contributed by atoms with Gasteiger partial charge in [0.2, 0.25) is 0 Å². The van der Waals surface area contributed by atoms with Gasteiger partial charge in [-0.15, -0.1) is 0 Å². The molecule has 1 heterocycles. The van der Waals surface area contributed by atoms with Crippen molar-refractivity contribution in [2.45, 2.75) is 19.5 Å². The largest absolute Gasteiger partial charge is 0.347 e. The van der Waals surface area contributed by atoms with Gasteiger partial charge in [-0.3, -0.25) is 0 Å². The molecule has 4 nitrogen and oxygen atoms in total. The van der Waals surface area contributed by atoms with Crippen molar-refractivity contribution in [3.05, 3.63) is 54.1 Å². The highest BCUT2D eigenvalue weighted by atomic mass is 15.1. The van der Waals surface area contributed by atoms with Crippen LogP contribution in [-0.2, 0) is 13.1 Å². The van der Waals surface area contributed by atoms with E-state index < -0.39 is 0 Å². The highest BCUT2D eigenvalue weighted by Gasteiger charge is 1.99. The normalized spacial score (nSPS) is 11.1. The van der Waals surface area contributed by atoms with Crippen LogP contribution in [0.3, 0.4) is 0 Å². The van der Waals surface area contributed by atoms with Crippen molar-refractivity contribution in [1.29, 1.82) is 0 Å². The van der Waals surface area contributed by atoms with Crippen LogP contribution in [-0.4, -0.2) is 35.0 Å². The molecule has 2 N–H and O–H groups in total. The predicted octanol–water partition coefficient (Wildman–Crippen LogP) is 2.02. The summed E-state index contributed by atoms with van der Waals surface area (Å²) < 4.78 is 0. The number of hydrogen-bond donors (Lipinski definition) is 2. The summed E-state index contributed by atoms with van der Waals surface area (Å²) in [7, 11) is 2.17. The van der Waals surface area contributed by atoms with Gasteiger partial charge in [-0.1, -0.05) is 30.3 Å². The zero-order valence-corrected chi connectivity index (χ0v) is 11.5. The summed E-state index contributed by atoms with van der Waals surface area (Å²) in [6.07, 6.45) is 4.72. The molecular formula is C15H22N4. The maximum absolute atomic E-state index is 3.99. The third-order valence-corrected chi connectivity index (χ3v) is 3.06. The van der Waals surface area contributed by atoms with E-state index in [1.54, 1.807) is 6.33 Å². The molecule has 102 valence electrons. The molecule has 0 atom stereocenters. The van der Waals surface area contributed by atoms with Gasteiger partial charge in [0.05, 0.1) is 6.33 Å². The molecular weight excluding hydrogens is 236 g/mol. The average Bonchev–Trinajstić information content (AvgIpc) is 2.92. The van der Waals surface area contributed by atoms with Gasteiger partial charge in [-0.2, -0.15) is 0 Å². The molecule has 0 aliphatic heterocycles. The fourth-order valence-electron chi connectivity index (χ4n) is 2.05. The van der Waals surface area contributed by atoms with Gasteiger partial charge < -0.3 is 15.2 Å². The summed E-state index contributed by atoms with van der Waals surface area (Å²) in [5, 5.41) is 3.41. The Labute approximate surface area is 114 Å². The molecule has 19 heavy (non-hydrogen) atoms. The van der Waals surface area contributed by atoms with Crippen LogP contribution in [0.15, 0.2) is 42.9 Å². The van der Waals surface area contributed by atoms with E-state index in [-0.39, 0.29) is 0 Å². The highest BCUT2D eigenvalue weighted by Crippen LogP contribution is 2.02. The van der Waals surface area contributed by atoms with Gasteiger partial charge in [-0.25, -0.2) is 4.98 Å². The molecule has 4 heteroatoms. The molecule has 0 aliphatic rings. The third-order valence-electron chi connectivity index (χ3n) is 3.06. The topological polar surface area (TPSA) is 44.0 Å². The Morgan fingerprint density at radius 1 is 1.26 bits per heavy atom. The van der Waals surface area contributed by atoms with Gasteiger partial charge in [-0.05, 0) is 32.1 Å². The number of imidazole rings is 1. The molecule has 0 saturated carbocycles. The van der Waals surface area contributed by atoms with Crippen LogP contribution in [0.5, 0.6) is 0 Å². The summed E-state index contributed by atoms with van der Waals surface area (Å²) in [5.74, 6) is 0. The van der Waals surface area contributed by atoms with E-state index in [0.717, 1.165) is 38.3 Å². The van der Waals surface area contributed by atoms with Crippen molar-refractivity contribution in [3.8, 4) is 0 Å². The van der Waals surface area contributed by atoms with Crippen molar-refractivity contribution in [2.24, 2.45) is 0 Å². The number of aromatic nitrogens is 2. The first-order chi connectivity index (χ1) is 9.34. The molecule has 0 spiro atoms. The fraction of sp³-hybridized carbons (Fsp3) is 0.400. The SMILES string of the molecule is CN(CCCNCc1cnc[nH]1)Cc1ccccc1. The highest BCUT2D eigenvalue weighted by molar-refractivity contribution is 5.14. The summed E-state index contributed by atoms with van der Waals surface area (Å²) in [5.41, 5.74) is 2.51. The first-order valence-electron chi connectivity index (χ1n) is 6.75. The third kappa shape index (κ3) is 5.24. The second-order valence-electron chi connectivity index (χ2n) is 4.83. The van der Waals surface area contributed by atoms with Crippen LogP contribution in [0.25, 0.3) is 0 Å². The summed E-state index contributed by atoms with van der Waals surface area (Å²) in [6, 6.07) is 10.6. The standard InChI is InChI=1S/C15H22N4/c1-19(12-14-6-3-2-4-7-14)9-5-8-16-10-15-11-17-13-18-15/h2-4,6-7,11,13,16H,5,8-10,12H2,1H3,(H,17,18). The van der Waals surface area contributed by atoms with Crippen molar-refractivity contribution in [3.63, 3.8) is 0 Å². The molecule has 0 fully saturated rings. The average molecular weight is 258 g/mol. The lowest BCUT2D eigenvalue weighted by molar-refractivity contribution is 0.319. The fourth-order valence-corrected chi connectivity index (χ4v) is 2.05. The Balaban J connectivity index is 1.55. The van der Waals surface area contributed by atoms with Crippen LogP contribution < -0.4 is 5.32 Å². The molecule has 0 bridgehead atoms. The Morgan fingerprint density at radius 2 is 2.11 bits per heavy atom. The van der Waals surface area contributed by atoms with Crippen molar-refractivity contribution >= 4 is 0 Å². The smallest absolute Gasteiger partial charge is 0.0922 e. The Hall–Kier alpha value is -1.65. The minimum atomic E-state index is 0.863. The minimum absolute atomic E-state index is 0.863. The summed E-state index contributed by atoms with van der Waals surface area (Å²) in [6.45, 7) is 4.01. The predicted molar refractivity (Wildman–Crippen MR) is 77.7 cm³/mol. The van der Waals surface area contributed by atoms with E-state index in [9.17, 15) is 0 Å². The van der Waals surface area contributed by atoms with E-state index in [2.05, 4.69) is 57.6 Å². The van der Waals surface area contributed by atoms with E-state index >= 15 is 0 Å². The second kappa shape index (κ2) is 7.71. The van der Waals surface area contributed by atoms with E-state index in [0.29, 0.717) is 0 Å². The number of rotatable bonds is 8. The number of hydrogen-bond acceptors (Lipinski definition) is 3. The van der Waals surface area contributed by atoms with Crippen molar-refractivity contribution in [1.82, 2.24) is 20.2 Å². The second-order valence-corrected chi connectivity index (χ2v) is 4.83. The molecule has 1 aromatic heterocycles. The van der Waals surface area contributed by atoms with Gasteiger partial charge in [0.1, 0.15) is 0 Å². The lowest BCUT2D eigenvalue weighted by Crippen LogP contribution is -2.23. The maximum atomic E-state index is 3.99. The monoisotopic (exact) mass is 258 g/mol. The first-order valence-corrected chi connectivity index (χ1v) is 6.75. The Bertz CT molecular complexity index is 438. The number of nitrogens with one attached hydrogen (secondary N) is 2. The Morgan fingerprint density at radius 3 is 2.84 bits per heavy atom. The number of nitrogens with zero attached hydrogens (tertiary/aromatic N) is 2. The van der Waals surface area contributed by atoms with E-state index in [4.69, 9.17) is 0 Å². The molecule has 0 amide bonds. The van der Waals surface area contributed by atoms with Crippen LogP contribution in [0.1, 0.15) is 17.7 Å². The lowest BCUT2D eigenvalue weighted by Gasteiger charge is -2.16. The zero-order valence-electron chi connectivity index (χ0n) is 11.5. The van der Waals surface area contributed by atoms with Gasteiger partial charge in [0.15, 0.2) is 0 Å². The first kappa shape index (κ1) is 13.8. The van der Waals surface area contributed by atoms with Crippen LogP contribution in [0, 0.1) is 0 Å². The lowest BCUT2D eigenvalue weighted by atomic mass is 10.2. The van der Waals surface area contributed by atoms with E-state index in [1.165, 1.54) is 5.56 Å². The molecule has 0 radical (unpaired) electrons. The maximum Gasteiger partial charge on any atom is 0.0922 e. The van der Waals surface area contributed by atoms with Gasteiger partial charge in [0.25, 0.3) is 0 Å². The zero-order chi connectivity index (χ0) is 13.3. The molecule has 0 saturated heterocycles. The molecule has 0 unspecified atom stereocenters. The number of benzene rings is 1. The molecule has 2 rings (SSSR count). The van der Waals surface area contributed by atoms with Crippen molar-refractivity contribution in [2.75, 3.05) is 20.1 Å². The summed E-state index contributed by atoms with van der Waals surface area (Å²) in [4.78, 5) is 9.43. The molecule has 2 aromatic rings. The molecule has 0 aliphatic carbocycles. The van der Waals surface area contributed by atoms with Crippen LogP contribution in [0.4, 0.5) is 0 Å². The van der Waals surface area contributed by atoms with Crippen LogP contribution >= 0.6 is 0 Å². The summed E-state index contributed by atoms with van der Waals surface area (Å²) >= 11 is 0. The molecule has 1 aromatic carbocycles. The number of H-pyrrole nitrogens is 1. The van der Waals surface area contributed by atoms with E-state index in [1.807, 2.05) is 6.20 Å². The van der Waals surface area contributed by atoms with Gasteiger partial charge in [0, 0.05) is 25.0 Å².